The summed E-state index contributed by atoms with van der Waals surface area (Å²) in [4.78, 5) is 13.6. The minimum absolute atomic E-state index is 0.183. The van der Waals surface area contributed by atoms with E-state index in [1.54, 1.807) is 13.3 Å². The van der Waals surface area contributed by atoms with E-state index in [9.17, 15) is 0 Å². The number of aryl methyl sites for hydroxylation is 2. The van der Waals surface area contributed by atoms with Gasteiger partial charge in [0.1, 0.15) is 18.1 Å². The SMILES string of the molecule is COc1cc(OCCOC(C)C)cc2nc(-c3cc(C)nc(C)c3)ncc12. The molecule has 0 N–H and O–H groups in total. The van der Waals surface area contributed by atoms with E-state index in [1.165, 1.54) is 0 Å². The molecule has 3 rings (SSSR count). The number of nitrogens with zero attached hydrogens (tertiary/aromatic N) is 3. The molecule has 1 aromatic carbocycles. The molecule has 0 amide bonds. The van der Waals surface area contributed by atoms with Crippen LogP contribution in [-0.4, -0.2) is 41.4 Å². The quantitative estimate of drug-likeness (QED) is 0.585. The number of ether oxygens (including phenoxy) is 3. The fourth-order valence-electron chi connectivity index (χ4n) is 2.88. The highest BCUT2D eigenvalue weighted by Crippen LogP contribution is 2.31. The monoisotopic (exact) mass is 367 g/mol. The van der Waals surface area contributed by atoms with E-state index in [1.807, 2.05) is 52.0 Å². The van der Waals surface area contributed by atoms with Crippen molar-refractivity contribution < 1.29 is 14.2 Å². The lowest BCUT2D eigenvalue weighted by atomic mass is 10.1. The third-order valence-corrected chi connectivity index (χ3v) is 4.00. The third-order valence-electron chi connectivity index (χ3n) is 4.00. The van der Waals surface area contributed by atoms with Crippen LogP contribution in [0.2, 0.25) is 0 Å². The standard InChI is InChI=1S/C21H25N3O3/c1-13(2)26-6-7-27-17-10-19-18(20(11-17)25-5)12-22-21(24-19)16-8-14(3)23-15(4)9-16/h8-13H,6-7H2,1-5H3. The first-order valence-electron chi connectivity index (χ1n) is 9.01. The van der Waals surface area contributed by atoms with Crippen molar-refractivity contribution in [1.29, 1.82) is 0 Å². The normalized spacial score (nSPS) is 11.2. The number of aromatic nitrogens is 3. The van der Waals surface area contributed by atoms with Gasteiger partial charge in [-0.15, -0.1) is 0 Å². The summed E-state index contributed by atoms with van der Waals surface area (Å²) in [5, 5.41) is 0.842. The molecule has 0 aliphatic carbocycles. The van der Waals surface area contributed by atoms with E-state index in [2.05, 4.69) is 9.97 Å². The second kappa shape index (κ2) is 8.31. The van der Waals surface area contributed by atoms with Gasteiger partial charge in [-0.1, -0.05) is 0 Å². The molecule has 27 heavy (non-hydrogen) atoms. The van der Waals surface area contributed by atoms with Gasteiger partial charge in [0.05, 0.1) is 30.7 Å². The van der Waals surface area contributed by atoms with Crippen LogP contribution in [0.4, 0.5) is 0 Å². The Labute approximate surface area is 159 Å². The van der Waals surface area contributed by atoms with E-state index in [0.29, 0.717) is 30.5 Å². The molecule has 0 unspecified atom stereocenters. The van der Waals surface area contributed by atoms with Gasteiger partial charge in [-0.3, -0.25) is 4.98 Å². The average molecular weight is 367 g/mol. The first-order valence-corrected chi connectivity index (χ1v) is 9.01. The molecule has 2 aromatic heterocycles. The van der Waals surface area contributed by atoms with Gasteiger partial charge < -0.3 is 14.2 Å². The molecule has 0 saturated heterocycles. The van der Waals surface area contributed by atoms with Crippen LogP contribution in [0.3, 0.4) is 0 Å². The van der Waals surface area contributed by atoms with Crippen molar-refractivity contribution in [2.24, 2.45) is 0 Å². The van der Waals surface area contributed by atoms with E-state index in [-0.39, 0.29) is 6.10 Å². The van der Waals surface area contributed by atoms with Gasteiger partial charge >= 0.3 is 0 Å². The van der Waals surface area contributed by atoms with Crippen molar-refractivity contribution >= 4 is 10.9 Å². The van der Waals surface area contributed by atoms with Crippen molar-refractivity contribution in [2.45, 2.75) is 33.8 Å². The molecule has 0 aliphatic heterocycles. The number of benzene rings is 1. The molecule has 142 valence electrons. The smallest absolute Gasteiger partial charge is 0.159 e. The molecule has 0 atom stereocenters. The summed E-state index contributed by atoms with van der Waals surface area (Å²) in [6.45, 7) is 8.92. The van der Waals surface area contributed by atoms with Crippen molar-refractivity contribution in [2.75, 3.05) is 20.3 Å². The maximum atomic E-state index is 5.82. The van der Waals surface area contributed by atoms with Gasteiger partial charge in [0.25, 0.3) is 0 Å². The van der Waals surface area contributed by atoms with Gasteiger partial charge in [0, 0.05) is 35.3 Å². The van der Waals surface area contributed by atoms with Crippen LogP contribution in [0.5, 0.6) is 11.5 Å². The summed E-state index contributed by atoms with van der Waals surface area (Å²) in [5.41, 5.74) is 3.59. The average Bonchev–Trinajstić information content (AvgIpc) is 2.63. The van der Waals surface area contributed by atoms with Gasteiger partial charge in [0.15, 0.2) is 5.82 Å². The highest BCUT2D eigenvalue weighted by Gasteiger charge is 2.11. The molecule has 0 bridgehead atoms. The number of pyridine rings is 1. The predicted molar refractivity (Wildman–Crippen MR) is 105 cm³/mol. The summed E-state index contributed by atoms with van der Waals surface area (Å²) >= 11 is 0. The Morgan fingerprint density at radius 3 is 2.37 bits per heavy atom. The van der Waals surface area contributed by atoms with Crippen LogP contribution >= 0.6 is 0 Å². The summed E-state index contributed by atoms with van der Waals surface area (Å²) in [7, 11) is 1.63. The Hall–Kier alpha value is -2.73. The fourth-order valence-corrected chi connectivity index (χ4v) is 2.88. The molecule has 2 heterocycles. The second-order valence-electron chi connectivity index (χ2n) is 6.66. The molecule has 6 heteroatoms. The van der Waals surface area contributed by atoms with Crippen LogP contribution < -0.4 is 9.47 Å². The Morgan fingerprint density at radius 2 is 1.70 bits per heavy atom. The highest BCUT2D eigenvalue weighted by molar-refractivity contribution is 5.87. The zero-order chi connectivity index (χ0) is 19.4. The molecular weight excluding hydrogens is 342 g/mol. The lowest BCUT2D eigenvalue weighted by Gasteiger charge is -2.12. The van der Waals surface area contributed by atoms with Crippen LogP contribution in [0.15, 0.2) is 30.5 Å². The van der Waals surface area contributed by atoms with E-state index >= 15 is 0 Å². The number of rotatable bonds is 7. The fraction of sp³-hybridized carbons (Fsp3) is 0.381. The molecule has 3 aromatic rings. The number of hydrogen-bond donors (Lipinski definition) is 0. The summed E-state index contributed by atoms with van der Waals surface area (Å²) in [5.74, 6) is 2.03. The second-order valence-corrected chi connectivity index (χ2v) is 6.66. The molecular formula is C21H25N3O3. The molecule has 0 aliphatic rings. The first-order chi connectivity index (χ1) is 13.0. The Bertz CT molecular complexity index is 921. The summed E-state index contributed by atoms with van der Waals surface area (Å²) in [6, 6.07) is 7.71. The topological polar surface area (TPSA) is 66.4 Å². The maximum absolute atomic E-state index is 5.82. The van der Waals surface area contributed by atoms with Gasteiger partial charge in [-0.05, 0) is 39.8 Å². The van der Waals surface area contributed by atoms with E-state index in [4.69, 9.17) is 19.2 Å². The molecule has 6 nitrogen and oxygen atoms in total. The van der Waals surface area contributed by atoms with E-state index in [0.717, 1.165) is 27.9 Å². The predicted octanol–water partition coefficient (Wildman–Crippen LogP) is 4.12. The Morgan fingerprint density at radius 1 is 0.963 bits per heavy atom. The molecule has 0 spiro atoms. The lowest BCUT2D eigenvalue weighted by Crippen LogP contribution is -2.11. The summed E-state index contributed by atoms with van der Waals surface area (Å²) < 4.78 is 16.8. The largest absolute Gasteiger partial charge is 0.496 e. The zero-order valence-electron chi connectivity index (χ0n) is 16.4. The van der Waals surface area contributed by atoms with E-state index < -0.39 is 0 Å². The van der Waals surface area contributed by atoms with Crippen LogP contribution in [-0.2, 0) is 4.74 Å². The Kier molecular flexibility index (Phi) is 5.86. The van der Waals surface area contributed by atoms with Crippen molar-refractivity contribution in [1.82, 2.24) is 15.0 Å². The van der Waals surface area contributed by atoms with Crippen LogP contribution in [0, 0.1) is 13.8 Å². The number of hydrogen-bond acceptors (Lipinski definition) is 6. The van der Waals surface area contributed by atoms with Gasteiger partial charge in [-0.2, -0.15) is 0 Å². The number of methoxy groups -OCH3 is 1. The molecule has 0 saturated carbocycles. The highest BCUT2D eigenvalue weighted by atomic mass is 16.5. The van der Waals surface area contributed by atoms with Crippen molar-refractivity contribution in [3.8, 4) is 22.9 Å². The third kappa shape index (κ3) is 4.71. The summed E-state index contributed by atoms with van der Waals surface area (Å²) in [6.07, 6.45) is 1.97. The van der Waals surface area contributed by atoms with Gasteiger partial charge in [0.2, 0.25) is 0 Å². The minimum atomic E-state index is 0.183. The van der Waals surface area contributed by atoms with Crippen molar-refractivity contribution in [3.63, 3.8) is 0 Å². The minimum Gasteiger partial charge on any atom is -0.496 e. The van der Waals surface area contributed by atoms with Gasteiger partial charge in [-0.25, -0.2) is 9.97 Å². The maximum Gasteiger partial charge on any atom is 0.159 e. The molecule has 0 radical (unpaired) electrons. The zero-order valence-corrected chi connectivity index (χ0v) is 16.4. The number of fused-ring (bicyclic) bond motifs is 1. The van der Waals surface area contributed by atoms with Crippen LogP contribution in [0.25, 0.3) is 22.3 Å². The van der Waals surface area contributed by atoms with Crippen LogP contribution in [0.1, 0.15) is 25.2 Å². The molecule has 0 fully saturated rings. The lowest BCUT2D eigenvalue weighted by molar-refractivity contribution is 0.0552. The first kappa shape index (κ1) is 19.0. The Balaban J connectivity index is 1.93. The van der Waals surface area contributed by atoms with Crippen molar-refractivity contribution in [3.05, 3.63) is 41.9 Å².